The third-order valence-corrected chi connectivity index (χ3v) is 2.98. The number of hydrogen-bond donors (Lipinski definition) is 1. The third kappa shape index (κ3) is 2.87. The lowest BCUT2D eigenvalue weighted by molar-refractivity contribution is 0.840. The highest BCUT2D eigenvalue weighted by molar-refractivity contribution is 9.10. The second kappa shape index (κ2) is 5.18. The highest BCUT2D eigenvalue weighted by Crippen LogP contribution is 2.13. The van der Waals surface area contributed by atoms with Crippen LogP contribution in [0.1, 0.15) is 11.3 Å². The van der Waals surface area contributed by atoms with E-state index in [1.165, 1.54) is 10.6 Å². The molecule has 1 aromatic heterocycles. The molecule has 0 radical (unpaired) electrons. The smallest absolute Gasteiger partial charge is 0.255 e. The summed E-state index contributed by atoms with van der Waals surface area (Å²) in [5, 5.41) is 0. The molecule has 0 aliphatic rings. The summed E-state index contributed by atoms with van der Waals surface area (Å²) in [6.07, 6.45) is 3.64. The molecular weight excluding hydrogens is 294 g/mol. The minimum absolute atomic E-state index is 0.170. The fraction of sp³-hybridized carbons (Fsp3) is 0.0769. The Bertz CT molecular complexity index is 662. The van der Waals surface area contributed by atoms with Gasteiger partial charge in [0.25, 0.3) is 5.56 Å². The van der Waals surface area contributed by atoms with Crippen LogP contribution >= 0.6 is 15.9 Å². The van der Waals surface area contributed by atoms with E-state index in [0.29, 0.717) is 5.69 Å². The van der Waals surface area contributed by atoms with Gasteiger partial charge in [0, 0.05) is 17.6 Å². The predicted octanol–water partition coefficient (Wildman–Crippen LogP) is 2.30. The van der Waals surface area contributed by atoms with E-state index < -0.39 is 0 Å². The van der Waals surface area contributed by atoms with Crippen LogP contribution in [-0.2, 0) is 7.05 Å². The highest BCUT2D eigenvalue weighted by atomic mass is 79.9. The monoisotopic (exact) mass is 305 g/mol. The first kappa shape index (κ1) is 12.6. The maximum absolute atomic E-state index is 11.5. The molecule has 92 valence electrons. The van der Waals surface area contributed by atoms with Gasteiger partial charge in [0.05, 0.1) is 5.69 Å². The van der Waals surface area contributed by atoms with Crippen LogP contribution in [0.15, 0.2) is 39.6 Å². The van der Waals surface area contributed by atoms with Gasteiger partial charge in [-0.15, -0.1) is 0 Å². The first-order valence-electron chi connectivity index (χ1n) is 5.33. The summed E-state index contributed by atoms with van der Waals surface area (Å²) in [5.74, 6) is 0.205. The zero-order valence-corrected chi connectivity index (χ0v) is 11.4. The molecule has 2 rings (SSSR count). The first-order valence-corrected chi connectivity index (χ1v) is 6.13. The molecule has 0 saturated carbocycles. The van der Waals surface area contributed by atoms with Crippen LogP contribution in [0.4, 0.5) is 5.95 Å². The van der Waals surface area contributed by atoms with Gasteiger partial charge < -0.3 is 5.73 Å². The van der Waals surface area contributed by atoms with E-state index in [9.17, 15) is 4.79 Å². The lowest BCUT2D eigenvalue weighted by Gasteiger charge is -2.02. The van der Waals surface area contributed by atoms with Crippen molar-refractivity contribution in [1.82, 2.24) is 9.55 Å². The van der Waals surface area contributed by atoms with Crippen molar-refractivity contribution in [3.05, 3.63) is 56.4 Å². The van der Waals surface area contributed by atoms with E-state index in [4.69, 9.17) is 5.73 Å². The molecule has 0 bridgehead atoms. The molecule has 0 atom stereocenters. The largest absolute Gasteiger partial charge is 0.369 e. The molecule has 0 saturated heterocycles. The van der Waals surface area contributed by atoms with Crippen LogP contribution in [0.2, 0.25) is 0 Å². The fourth-order valence-electron chi connectivity index (χ4n) is 1.45. The van der Waals surface area contributed by atoms with Gasteiger partial charge >= 0.3 is 0 Å². The van der Waals surface area contributed by atoms with Gasteiger partial charge in [0.15, 0.2) is 0 Å². The van der Waals surface area contributed by atoms with Crippen LogP contribution in [0, 0.1) is 0 Å². The standard InChI is InChI=1S/C13H12BrN3O/c1-17-12(18)8-11(16-13(17)15)6-5-9-3-2-4-10(14)7-9/h2-8H,1H3,(H2,15,16)/b6-5+. The molecular formula is C13H12BrN3O. The number of nitrogens with zero attached hydrogens (tertiary/aromatic N) is 2. The average molecular weight is 306 g/mol. The van der Waals surface area contributed by atoms with Crippen molar-refractivity contribution in [3.63, 3.8) is 0 Å². The minimum atomic E-state index is -0.170. The second-order valence-corrected chi connectivity index (χ2v) is 4.74. The Balaban J connectivity index is 2.32. The van der Waals surface area contributed by atoms with E-state index in [0.717, 1.165) is 10.0 Å². The maximum atomic E-state index is 11.5. The Morgan fingerprint density at radius 2 is 2.11 bits per heavy atom. The lowest BCUT2D eigenvalue weighted by atomic mass is 10.2. The minimum Gasteiger partial charge on any atom is -0.369 e. The molecule has 0 aliphatic heterocycles. The van der Waals surface area contributed by atoms with Crippen molar-refractivity contribution in [1.29, 1.82) is 0 Å². The highest BCUT2D eigenvalue weighted by Gasteiger charge is 1.99. The van der Waals surface area contributed by atoms with E-state index in [1.54, 1.807) is 13.1 Å². The quantitative estimate of drug-likeness (QED) is 0.926. The summed E-state index contributed by atoms with van der Waals surface area (Å²) in [4.78, 5) is 15.6. The van der Waals surface area contributed by atoms with Crippen molar-refractivity contribution in [2.24, 2.45) is 7.05 Å². The van der Waals surface area contributed by atoms with Crippen LogP contribution in [0.3, 0.4) is 0 Å². The zero-order chi connectivity index (χ0) is 13.1. The number of nitrogen functional groups attached to an aromatic ring is 1. The molecule has 0 spiro atoms. The zero-order valence-electron chi connectivity index (χ0n) is 9.80. The Labute approximate surface area is 113 Å². The van der Waals surface area contributed by atoms with Gasteiger partial charge in [0.2, 0.25) is 5.95 Å². The number of nitrogens with two attached hydrogens (primary N) is 1. The number of rotatable bonds is 2. The Morgan fingerprint density at radius 1 is 1.33 bits per heavy atom. The van der Waals surface area contributed by atoms with Crippen LogP contribution < -0.4 is 11.3 Å². The van der Waals surface area contributed by atoms with E-state index in [1.807, 2.05) is 30.3 Å². The SMILES string of the molecule is Cn1c(N)nc(/C=C/c2cccc(Br)c2)cc1=O. The second-order valence-electron chi connectivity index (χ2n) is 3.82. The van der Waals surface area contributed by atoms with Crippen molar-refractivity contribution < 1.29 is 0 Å². The normalized spacial score (nSPS) is 11.0. The van der Waals surface area contributed by atoms with Crippen LogP contribution in [0.5, 0.6) is 0 Å². The maximum Gasteiger partial charge on any atom is 0.255 e. The van der Waals surface area contributed by atoms with Crippen molar-refractivity contribution in [2.45, 2.75) is 0 Å². The van der Waals surface area contributed by atoms with Gasteiger partial charge in [0.1, 0.15) is 0 Å². The molecule has 18 heavy (non-hydrogen) atoms. The van der Waals surface area contributed by atoms with E-state index in [-0.39, 0.29) is 11.5 Å². The summed E-state index contributed by atoms with van der Waals surface area (Å²) in [6.45, 7) is 0. The molecule has 5 heteroatoms. The van der Waals surface area contributed by atoms with E-state index in [2.05, 4.69) is 20.9 Å². The summed E-state index contributed by atoms with van der Waals surface area (Å²) in [7, 11) is 1.59. The number of benzene rings is 1. The Morgan fingerprint density at radius 3 is 2.78 bits per heavy atom. The van der Waals surface area contributed by atoms with Gasteiger partial charge in [-0.25, -0.2) is 4.98 Å². The van der Waals surface area contributed by atoms with Crippen LogP contribution in [0.25, 0.3) is 12.2 Å². The average Bonchev–Trinajstić information content (AvgIpc) is 2.33. The van der Waals surface area contributed by atoms with Crippen molar-refractivity contribution in [2.75, 3.05) is 5.73 Å². The van der Waals surface area contributed by atoms with Gasteiger partial charge in [-0.1, -0.05) is 34.1 Å². The molecule has 2 aromatic rings. The van der Waals surface area contributed by atoms with Crippen LogP contribution in [-0.4, -0.2) is 9.55 Å². The van der Waals surface area contributed by atoms with Gasteiger partial charge in [-0.3, -0.25) is 9.36 Å². The van der Waals surface area contributed by atoms with Crippen molar-refractivity contribution >= 4 is 34.0 Å². The molecule has 0 amide bonds. The number of halogens is 1. The topological polar surface area (TPSA) is 60.9 Å². The number of aromatic nitrogens is 2. The Hall–Kier alpha value is -1.88. The first-order chi connectivity index (χ1) is 8.56. The number of anilines is 1. The molecule has 4 nitrogen and oxygen atoms in total. The lowest BCUT2D eigenvalue weighted by Crippen LogP contribution is -2.20. The van der Waals surface area contributed by atoms with Crippen molar-refractivity contribution in [3.8, 4) is 0 Å². The summed E-state index contributed by atoms with van der Waals surface area (Å²) >= 11 is 3.40. The molecule has 0 fully saturated rings. The van der Waals surface area contributed by atoms with Gasteiger partial charge in [-0.05, 0) is 23.8 Å². The third-order valence-electron chi connectivity index (χ3n) is 2.48. The molecule has 0 aliphatic carbocycles. The Kier molecular flexibility index (Phi) is 3.62. The summed E-state index contributed by atoms with van der Waals surface area (Å²) < 4.78 is 2.30. The molecule has 0 unspecified atom stereocenters. The molecule has 2 N–H and O–H groups in total. The predicted molar refractivity (Wildman–Crippen MR) is 77.0 cm³/mol. The van der Waals surface area contributed by atoms with E-state index >= 15 is 0 Å². The summed E-state index contributed by atoms with van der Waals surface area (Å²) in [6, 6.07) is 9.28. The summed E-state index contributed by atoms with van der Waals surface area (Å²) in [5.41, 5.74) is 7.03. The fourth-order valence-corrected chi connectivity index (χ4v) is 1.87. The number of hydrogen-bond acceptors (Lipinski definition) is 3. The molecule has 1 heterocycles. The van der Waals surface area contributed by atoms with Gasteiger partial charge in [-0.2, -0.15) is 0 Å². The molecule has 1 aromatic carbocycles.